The number of hydrogen-bond donors (Lipinski definition) is 0. The number of hydrogen-bond acceptors (Lipinski definition) is 2. The molecular weight excluding hydrogens is 232 g/mol. The zero-order valence-electron chi connectivity index (χ0n) is 12.3. The second-order valence-electron chi connectivity index (χ2n) is 6.41. The lowest BCUT2D eigenvalue weighted by Crippen LogP contribution is -2.55. The van der Waals surface area contributed by atoms with Crippen LogP contribution in [0.4, 0.5) is 0 Å². The molecule has 2 aliphatic heterocycles. The fraction of sp³-hybridized carbons (Fsp3) is 0.647. The molecule has 19 heavy (non-hydrogen) atoms. The highest BCUT2D eigenvalue weighted by Gasteiger charge is 2.34. The summed E-state index contributed by atoms with van der Waals surface area (Å²) in [5.74, 6) is 0.636. The van der Waals surface area contributed by atoms with Gasteiger partial charge in [0.05, 0.1) is 0 Å². The molecule has 2 fully saturated rings. The van der Waals surface area contributed by atoms with Crippen molar-refractivity contribution in [3.8, 4) is 0 Å². The Bertz CT molecular complexity index is 403. The molecule has 0 saturated carbocycles. The lowest BCUT2D eigenvalue weighted by atomic mass is 9.98. The van der Waals surface area contributed by atoms with E-state index in [2.05, 4.69) is 54.0 Å². The van der Waals surface area contributed by atoms with E-state index in [9.17, 15) is 0 Å². The van der Waals surface area contributed by atoms with Crippen LogP contribution in [0.5, 0.6) is 0 Å². The quantitative estimate of drug-likeness (QED) is 0.822. The molecule has 0 amide bonds. The topological polar surface area (TPSA) is 6.48 Å². The predicted octanol–water partition coefficient (Wildman–Crippen LogP) is 2.96. The molecule has 0 aliphatic carbocycles. The lowest BCUT2D eigenvalue weighted by molar-refractivity contribution is 0.0561. The van der Waals surface area contributed by atoms with Crippen LogP contribution >= 0.6 is 0 Å². The van der Waals surface area contributed by atoms with Crippen LogP contribution in [-0.2, 0) is 0 Å². The third-order valence-electron chi connectivity index (χ3n) is 4.94. The van der Waals surface area contributed by atoms with E-state index >= 15 is 0 Å². The van der Waals surface area contributed by atoms with Gasteiger partial charge in [-0.3, -0.25) is 9.80 Å². The number of benzene rings is 1. The SMILES string of the molecule is C[C@H](CN1C[C@@H]2CCCN2C[C@@H]1C)c1ccccc1. The standard InChI is InChI=1S/C17H26N2/c1-14(16-7-4-3-5-8-16)11-19-13-17-9-6-10-18(17)12-15(19)2/h3-5,7-8,14-15,17H,6,9-13H2,1-2H3/t14-,15+,17+/m1/s1. The van der Waals surface area contributed by atoms with E-state index in [0.29, 0.717) is 12.0 Å². The molecule has 2 saturated heterocycles. The Morgan fingerprint density at radius 3 is 2.79 bits per heavy atom. The number of nitrogens with zero attached hydrogens (tertiary/aromatic N) is 2. The zero-order chi connectivity index (χ0) is 13.2. The molecule has 3 atom stereocenters. The van der Waals surface area contributed by atoms with Crippen molar-refractivity contribution in [2.24, 2.45) is 0 Å². The average molecular weight is 258 g/mol. The Kier molecular flexibility index (Phi) is 3.90. The molecule has 0 aromatic heterocycles. The highest BCUT2D eigenvalue weighted by atomic mass is 15.3. The first-order valence-corrected chi connectivity index (χ1v) is 7.77. The summed E-state index contributed by atoms with van der Waals surface area (Å²) in [7, 11) is 0. The predicted molar refractivity (Wildman–Crippen MR) is 80.5 cm³/mol. The first-order chi connectivity index (χ1) is 9.24. The van der Waals surface area contributed by atoms with Crippen molar-refractivity contribution < 1.29 is 0 Å². The van der Waals surface area contributed by atoms with Gasteiger partial charge < -0.3 is 0 Å². The maximum atomic E-state index is 2.71. The third kappa shape index (κ3) is 2.85. The number of piperazine rings is 1. The molecule has 2 heteroatoms. The Hall–Kier alpha value is -0.860. The highest BCUT2D eigenvalue weighted by Crippen LogP contribution is 2.26. The summed E-state index contributed by atoms with van der Waals surface area (Å²) < 4.78 is 0. The van der Waals surface area contributed by atoms with Crippen molar-refractivity contribution in [2.75, 3.05) is 26.2 Å². The van der Waals surface area contributed by atoms with E-state index in [1.54, 1.807) is 0 Å². The van der Waals surface area contributed by atoms with Gasteiger partial charge in [-0.1, -0.05) is 37.3 Å². The van der Waals surface area contributed by atoms with Gasteiger partial charge in [-0.2, -0.15) is 0 Å². The molecule has 2 heterocycles. The third-order valence-corrected chi connectivity index (χ3v) is 4.94. The van der Waals surface area contributed by atoms with Crippen LogP contribution in [0.3, 0.4) is 0 Å². The van der Waals surface area contributed by atoms with Gasteiger partial charge in [-0.05, 0) is 37.8 Å². The van der Waals surface area contributed by atoms with Crippen molar-refractivity contribution in [3.05, 3.63) is 35.9 Å². The van der Waals surface area contributed by atoms with Gasteiger partial charge in [-0.25, -0.2) is 0 Å². The maximum Gasteiger partial charge on any atom is 0.0224 e. The summed E-state index contributed by atoms with van der Waals surface area (Å²) in [4.78, 5) is 5.42. The summed E-state index contributed by atoms with van der Waals surface area (Å²) in [5.41, 5.74) is 1.48. The normalized spacial score (nSPS) is 30.2. The summed E-state index contributed by atoms with van der Waals surface area (Å²) in [6, 6.07) is 12.5. The molecule has 1 aromatic carbocycles. The van der Waals surface area contributed by atoms with Crippen LogP contribution in [0, 0.1) is 0 Å². The van der Waals surface area contributed by atoms with Crippen LogP contribution < -0.4 is 0 Å². The smallest absolute Gasteiger partial charge is 0.0224 e. The molecule has 0 unspecified atom stereocenters. The van der Waals surface area contributed by atoms with Crippen molar-refractivity contribution in [3.63, 3.8) is 0 Å². The lowest BCUT2D eigenvalue weighted by Gasteiger charge is -2.43. The number of fused-ring (bicyclic) bond motifs is 1. The minimum atomic E-state index is 0.636. The van der Waals surface area contributed by atoms with E-state index in [0.717, 1.165) is 6.04 Å². The van der Waals surface area contributed by atoms with Crippen LogP contribution in [0.15, 0.2) is 30.3 Å². The molecule has 1 aromatic rings. The Morgan fingerprint density at radius 1 is 1.21 bits per heavy atom. The monoisotopic (exact) mass is 258 g/mol. The summed E-state index contributed by atoms with van der Waals surface area (Å²) in [5, 5.41) is 0. The van der Waals surface area contributed by atoms with Gasteiger partial charge in [0.2, 0.25) is 0 Å². The maximum absolute atomic E-state index is 2.71. The average Bonchev–Trinajstić information content (AvgIpc) is 2.87. The van der Waals surface area contributed by atoms with Crippen LogP contribution in [0.1, 0.15) is 38.2 Å². The minimum Gasteiger partial charge on any atom is -0.298 e. The van der Waals surface area contributed by atoms with E-state index < -0.39 is 0 Å². The molecule has 2 aliphatic rings. The van der Waals surface area contributed by atoms with Crippen molar-refractivity contribution in [2.45, 2.75) is 44.7 Å². The first-order valence-electron chi connectivity index (χ1n) is 7.77. The van der Waals surface area contributed by atoms with Crippen molar-refractivity contribution >= 4 is 0 Å². The van der Waals surface area contributed by atoms with Crippen LogP contribution in [0.2, 0.25) is 0 Å². The summed E-state index contributed by atoms with van der Waals surface area (Å²) in [6.07, 6.45) is 2.81. The van der Waals surface area contributed by atoms with Gasteiger partial charge >= 0.3 is 0 Å². The molecule has 0 bridgehead atoms. The van der Waals surface area contributed by atoms with Gasteiger partial charge in [0.15, 0.2) is 0 Å². The number of rotatable bonds is 3. The van der Waals surface area contributed by atoms with Gasteiger partial charge in [0.25, 0.3) is 0 Å². The highest BCUT2D eigenvalue weighted by molar-refractivity contribution is 5.19. The molecule has 2 nitrogen and oxygen atoms in total. The second kappa shape index (κ2) is 5.64. The Labute approximate surface area is 117 Å². The van der Waals surface area contributed by atoms with E-state index in [1.165, 1.54) is 44.6 Å². The second-order valence-corrected chi connectivity index (χ2v) is 6.41. The van der Waals surface area contributed by atoms with Gasteiger partial charge in [0.1, 0.15) is 0 Å². The van der Waals surface area contributed by atoms with E-state index in [1.807, 2.05) is 0 Å². The minimum absolute atomic E-state index is 0.636. The van der Waals surface area contributed by atoms with Crippen molar-refractivity contribution in [1.82, 2.24) is 9.80 Å². The molecule has 0 spiro atoms. The molecule has 3 rings (SSSR count). The first kappa shape index (κ1) is 13.1. The van der Waals surface area contributed by atoms with Crippen molar-refractivity contribution in [1.29, 1.82) is 0 Å². The van der Waals surface area contributed by atoms with Crippen LogP contribution in [0.25, 0.3) is 0 Å². The van der Waals surface area contributed by atoms with Gasteiger partial charge in [0, 0.05) is 31.7 Å². The fourth-order valence-electron chi connectivity index (χ4n) is 3.74. The molecule has 104 valence electrons. The van der Waals surface area contributed by atoms with E-state index in [-0.39, 0.29) is 0 Å². The Morgan fingerprint density at radius 2 is 2.00 bits per heavy atom. The fourth-order valence-corrected chi connectivity index (χ4v) is 3.74. The van der Waals surface area contributed by atoms with Gasteiger partial charge in [-0.15, -0.1) is 0 Å². The summed E-state index contributed by atoms with van der Waals surface area (Å²) in [6.45, 7) is 9.84. The Balaban J connectivity index is 1.63. The zero-order valence-corrected chi connectivity index (χ0v) is 12.3. The molecular formula is C17H26N2. The molecule has 0 N–H and O–H groups in total. The van der Waals surface area contributed by atoms with E-state index in [4.69, 9.17) is 0 Å². The largest absolute Gasteiger partial charge is 0.298 e. The molecule has 0 radical (unpaired) electrons. The summed E-state index contributed by atoms with van der Waals surface area (Å²) >= 11 is 0. The van der Waals surface area contributed by atoms with Crippen LogP contribution in [-0.4, -0.2) is 48.1 Å².